The van der Waals surface area contributed by atoms with Gasteiger partial charge in [-0.05, 0) is 20.8 Å². The van der Waals surface area contributed by atoms with Crippen LogP contribution in [0.15, 0.2) is 12.3 Å². The molecule has 0 fully saturated rings. The van der Waals surface area contributed by atoms with Crippen LogP contribution in [0.3, 0.4) is 0 Å². The molecule has 0 unspecified atom stereocenters. The van der Waals surface area contributed by atoms with E-state index in [1.807, 2.05) is 19.9 Å². The fourth-order valence-electron chi connectivity index (χ4n) is 2.40. The quantitative estimate of drug-likeness (QED) is 0.572. The molecule has 0 aliphatic heterocycles. The number of ketones is 1. The molecule has 2 rings (SSSR count). The minimum atomic E-state index is 0.00376. The van der Waals surface area contributed by atoms with Crippen molar-refractivity contribution in [2.24, 2.45) is 0 Å². The van der Waals surface area contributed by atoms with E-state index < -0.39 is 0 Å². The zero-order valence-corrected chi connectivity index (χ0v) is 14.5. The minimum absolute atomic E-state index is 0.00376. The van der Waals surface area contributed by atoms with Gasteiger partial charge in [0, 0.05) is 19.0 Å². The summed E-state index contributed by atoms with van der Waals surface area (Å²) in [7, 11) is 4.28. The van der Waals surface area contributed by atoms with Crippen molar-refractivity contribution in [3.05, 3.63) is 29.3 Å². The zero-order chi connectivity index (χ0) is 17.0. The number of carbonyl (C=O) groups excluding carboxylic acids is 1. The SMILES string of the molecule is CC(=O)c1cnn(-c2cc(NCCC[NH+](C)C)nc(C)n2)c1C. The predicted octanol–water partition coefficient (Wildman–Crippen LogP) is 0.428. The van der Waals surface area contributed by atoms with Crippen LogP contribution in [0.1, 0.15) is 35.2 Å². The second kappa shape index (κ2) is 7.32. The first-order valence-electron chi connectivity index (χ1n) is 7.83. The molecule has 0 bridgehead atoms. The molecule has 0 saturated carbocycles. The summed E-state index contributed by atoms with van der Waals surface area (Å²) in [6.45, 7) is 7.22. The van der Waals surface area contributed by atoms with Crippen molar-refractivity contribution >= 4 is 11.6 Å². The molecule has 2 aromatic rings. The Balaban J connectivity index is 2.19. The zero-order valence-electron chi connectivity index (χ0n) is 14.5. The normalized spacial score (nSPS) is 11.0. The second-order valence-corrected chi connectivity index (χ2v) is 6.01. The van der Waals surface area contributed by atoms with E-state index >= 15 is 0 Å². The lowest BCUT2D eigenvalue weighted by atomic mass is 10.2. The van der Waals surface area contributed by atoms with Crippen molar-refractivity contribution in [1.29, 1.82) is 0 Å². The number of Topliss-reactive ketones (excluding diaryl/α,β-unsaturated/α-hetero) is 1. The fourth-order valence-corrected chi connectivity index (χ4v) is 2.40. The second-order valence-electron chi connectivity index (χ2n) is 6.01. The van der Waals surface area contributed by atoms with Crippen LogP contribution in [-0.4, -0.2) is 52.7 Å². The van der Waals surface area contributed by atoms with E-state index in [1.54, 1.807) is 17.8 Å². The molecule has 2 aromatic heterocycles. The van der Waals surface area contributed by atoms with Crippen LogP contribution in [-0.2, 0) is 0 Å². The molecule has 0 aliphatic rings. The topological polar surface area (TPSA) is 77.1 Å². The molecule has 124 valence electrons. The van der Waals surface area contributed by atoms with E-state index in [0.29, 0.717) is 17.2 Å². The smallest absolute Gasteiger partial charge is 0.163 e. The van der Waals surface area contributed by atoms with Crippen molar-refractivity contribution in [1.82, 2.24) is 19.7 Å². The van der Waals surface area contributed by atoms with Gasteiger partial charge in [0.15, 0.2) is 11.6 Å². The van der Waals surface area contributed by atoms with Gasteiger partial charge in [-0.15, -0.1) is 0 Å². The van der Waals surface area contributed by atoms with Crippen LogP contribution in [0.5, 0.6) is 0 Å². The van der Waals surface area contributed by atoms with E-state index in [0.717, 1.165) is 31.0 Å². The molecule has 0 aromatic carbocycles. The van der Waals surface area contributed by atoms with Gasteiger partial charge in [0.05, 0.1) is 38.1 Å². The molecule has 0 spiro atoms. The van der Waals surface area contributed by atoms with Gasteiger partial charge in [0.25, 0.3) is 0 Å². The highest BCUT2D eigenvalue weighted by Gasteiger charge is 2.13. The third-order valence-corrected chi connectivity index (χ3v) is 3.59. The standard InChI is InChI=1S/C16H24N6O/c1-11-14(12(2)23)10-18-22(11)16-9-15(19-13(3)20-16)17-7-6-8-21(4)5/h9-10H,6-8H2,1-5H3,(H,17,19,20)/p+1. The molecule has 0 amide bonds. The molecule has 0 radical (unpaired) electrons. The van der Waals surface area contributed by atoms with Crippen LogP contribution in [0, 0.1) is 13.8 Å². The van der Waals surface area contributed by atoms with Gasteiger partial charge in [-0.25, -0.2) is 14.6 Å². The highest BCUT2D eigenvalue weighted by Crippen LogP contribution is 2.15. The number of quaternary nitrogens is 1. The lowest BCUT2D eigenvalue weighted by Crippen LogP contribution is -3.05. The number of nitrogens with zero attached hydrogens (tertiary/aromatic N) is 4. The first-order valence-corrected chi connectivity index (χ1v) is 7.83. The Bertz CT molecular complexity index is 692. The van der Waals surface area contributed by atoms with Gasteiger partial charge in [0.2, 0.25) is 0 Å². The Morgan fingerprint density at radius 1 is 1.30 bits per heavy atom. The lowest BCUT2D eigenvalue weighted by molar-refractivity contribution is -0.858. The summed E-state index contributed by atoms with van der Waals surface area (Å²) < 4.78 is 1.68. The molecule has 2 N–H and O–H groups in total. The van der Waals surface area contributed by atoms with Gasteiger partial charge < -0.3 is 10.2 Å². The molecule has 0 saturated heterocycles. The van der Waals surface area contributed by atoms with Gasteiger partial charge in [-0.2, -0.15) is 5.10 Å². The van der Waals surface area contributed by atoms with Crippen LogP contribution in [0.25, 0.3) is 5.82 Å². The summed E-state index contributed by atoms with van der Waals surface area (Å²) in [5, 5.41) is 7.61. The molecule has 7 nitrogen and oxygen atoms in total. The maximum atomic E-state index is 11.6. The Morgan fingerprint density at radius 3 is 2.65 bits per heavy atom. The Kier molecular flexibility index (Phi) is 5.44. The first-order chi connectivity index (χ1) is 10.9. The summed E-state index contributed by atoms with van der Waals surface area (Å²) in [4.78, 5) is 21.8. The number of anilines is 1. The van der Waals surface area contributed by atoms with Gasteiger partial charge in [-0.1, -0.05) is 0 Å². The maximum absolute atomic E-state index is 11.6. The molecule has 0 aliphatic carbocycles. The molecule has 23 heavy (non-hydrogen) atoms. The van der Waals surface area contributed by atoms with E-state index in [4.69, 9.17) is 0 Å². The summed E-state index contributed by atoms with van der Waals surface area (Å²) in [6.07, 6.45) is 2.65. The van der Waals surface area contributed by atoms with Crippen molar-refractivity contribution in [3.63, 3.8) is 0 Å². The number of hydrogen-bond donors (Lipinski definition) is 2. The number of aryl methyl sites for hydroxylation is 1. The largest absolute Gasteiger partial charge is 0.370 e. The number of aromatic nitrogens is 4. The van der Waals surface area contributed by atoms with Crippen molar-refractivity contribution in [2.75, 3.05) is 32.5 Å². The van der Waals surface area contributed by atoms with Gasteiger partial charge >= 0.3 is 0 Å². The highest BCUT2D eigenvalue weighted by molar-refractivity contribution is 5.95. The van der Waals surface area contributed by atoms with E-state index in [2.05, 4.69) is 34.5 Å². The molecule has 7 heteroatoms. The number of carbonyl (C=O) groups is 1. The van der Waals surface area contributed by atoms with Gasteiger partial charge in [-0.3, -0.25) is 4.79 Å². The molecule has 2 heterocycles. The minimum Gasteiger partial charge on any atom is -0.370 e. The van der Waals surface area contributed by atoms with Crippen LogP contribution in [0.4, 0.5) is 5.82 Å². The van der Waals surface area contributed by atoms with Gasteiger partial charge in [0.1, 0.15) is 11.6 Å². The molecular weight excluding hydrogens is 292 g/mol. The van der Waals surface area contributed by atoms with Crippen LogP contribution >= 0.6 is 0 Å². The summed E-state index contributed by atoms with van der Waals surface area (Å²) >= 11 is 0. The van der Waals surface area contributed by atoms with Crippen molar-refractivity contribution in [3.8, 4) is 5.82 Å². The van der Waals surface area contributed by atoms with Crippen molar-refractivity contribution in [2.45, 2.75) is 27.2 Å². The summed E-state index contributed by atoms with van der Waals surface area (Å²) in [5.74, 6) is 2.12. The number of rotatable bonds is 7. The Hall–Kier alpha value is -2.28. The summed E-state index contributed by atoms with van der Waals surface area (Å²) in [6, 6.07) is 1.86. The van der Waals surface area contributed by atoms with Crippen molar-refractivity contribution < 1.29 is 9.69 Å². The van der Waals surface area contributed by atoms with Crippen LogP contribution < -0.4 is 10.2 Å². The highest BCUT2D eigenvalue weighted by atomic mass is 16.1. The average molecular weight is 317 g/mol. The molecular formula is C16H25N6O+. The lowest BCUT2D eigenvalue weighted by Gasteiger charge is -2.11. The Morgan fingerprint density at radius 2 is 2.04 bits per heavy atom. The number of nitrogens with one attached hydrogen (secondary N) is 2. The third kappa shape index (κ3) is 4.35. The molecule has 0 atom stereocenters. The monoisotopic (exact) mass is 317 g/mol. The first kappa shape index (κ1) is 17.1. The third-order valence-electron chi connectivity index (χ3n) is 3.59. The van der Waals surface area contributed by atoms with E-state index in [9.17, 15) is 4.79 Å². The predicted molar refractivity (Wildman–Crippen MR) is 89.4 cm³/mol. The average Bonchev–Trinajstić information content (AvgIpc) is 2.85. The van der Waals surface area contributed by atoms with E-state index in [1.165, 1.54) is 4.90 Å². The maximum Gasteiger partial charge on any atom is 0.163 e. The number of hydrogen-bond acceptors (Lipinski definition) is 5. The Labute approximate surface area is 136 Å². The fraction of sp³-hybridized carbons (Fsp3) is 0.500. The van der Waals surface area contributed by atoms with Crippen LogP contribution in [0.2, 0.25) is 0 Å². The summed E-state index contributed by atoms with van der Waals surface area (Å²) in [5.41, 5.74) is 1.41. The van der Waals surface area contributed by atoms with E-state index in [-0.39, 0.29) is 5.78 Å².